The number of halogens is 1. The average Bonchev–Trinajstić information content (AvgIpc) is 2.99. The van der Waals surface area contributed by atoms with Crippen molar-refractivity contribution in [2.45, 2.75) is 13.0 Å². The molecule has 1 aliphatic rings. The van der Waals surface area contributed by atoms with E-state index in [1.165, 1.54) is 0 Å². The van der Waals surface area contributed by atoms with E-state index in [-0.39, 0.29) is 0 Å². The van der Waals surface area contributed by atoms with Gasteiger partial charge in [0, 0.05) is 35.1 Å². The Balaban J connectivity index is 1.64. The highest BCUT2D eigenvalue weighted by atomic mass is 35.5. The molecule has 2 aromatic heterocycles. The Morgan fingerprint density at radius 2 is 1.86 bits per heavy atom. The summed E-state index contributed by atoms with van der Waals surface area (Å²) in [7, 11) is 0. The summed E-state index contributed by atoms with van der Waals surface area (Å²) in [6.45, 7) is 1.51. The molecular formula is C16H13ClN4O. The van der Waals surface area contributed by atoms with E-state index in [1.807, 2.05) is 30.3 Å². The van der Waals surface area contributed by atoms with Crippen molar-refractivity contribution in [2.75, 3.05) is 11.4 Å². The summed E-state index contributed by atoms with van der Waals surface area (Å²) >= 11 is 5.94. The van der Waals surface area contributed by atoms with Crippen LogP contribution in [0.4, 0.5) is 5.95 Å². The molecule has 0 fully saturated rings. The molecule has 1 aromatic carbocycles. The molecule has 0 saturated carbocycles. The van der Waals surface area contributed by atoms with Crippen molar-refractivity contribution < 1.29 is 4.52 Å². The maximum absolute atomic E-state index is 5.94. The van der Waals surface area contributed by atoms with Gasteiger partial charge in [0.1, 0.15) is 5.69 Å². The van der Waals surface area contributed by atoms with Gasteiger partial charge in [0.2, 0.25) is 5.95 Å². The third kappa shape index (κ3) is 2.33. The summed E-state index contributed by atoms with van der Waals surface area (Å²) < 4.78 is 5.57. The van der Waals surface area contributed by atoms with Crippen LogP contribution >= 0.6 is 11.6 Å². The van der Waals surface area contributed by atoms with E-state index >= 15 is 0 Å². The van der Waals surface area contributed by atoms with Crippen LogP contribution < -0.4 is 4.90 Å². The standard InChI is InChI=1S/C16H13ClN4O/c17-12-4-2-11(3-5-12)15-13-6-9-21(10-14(13)20-22-15)16-18-7-1-8-19-16/h1-5,7-8H,6,9-10H2. The number of hydrogen-bond donors (Lipinski definition) is 0. The highest BCUT2D eigenvalue weighted by molar-refractivity contribution is 6.30. The van der Waals surface area contributed by atoms with Crippen molar-refractivity contribution in [3.63, 3.8) is 0 Å². The smallest absolute Gasteiger partial charge is 0.225 e. The van der Waals surface area contributed by atoms with Crippen LogP contribution in [0, 0.1) is 0 Å². The van der Waals surface area contributed by atoms with Gasteiger partial charge in [0.05, 0.1) is 6.54 Å². The van der Waals surface area contributed by atoms with Gasteiger partial charge >= 0.3 is 0 Å². The highest BCUT2D eigenvalue weighted by Crippen LogP contribution is 2.31. The molecule has 6 heteroatoms. The monoisotopic (exact) mass is 312 g/mol. The molecular weight excluding hydrogens is 300 g/mol. The summed E-state index contributed by atoms with van der Waals surface area (Å²) in [4.78, 5) is 10.7. The Bertz CT molecular complexity index is 786. The molecule has 5 nitrogen and oxygen atoms in total. The van der Waals surface area contributed by atoms with E-state index in [4.69, 9.17) is 16.1 Å². The number of benzene rings is 1. The molecule has 110 valence electrons. The fourth-order valence-electron chi connectivity index (χ4n) is 2.68. The third-order valence-corrected chi connectivity index (χ3v) is 4.04. The minimum absolute atomic E-state index is 0.663. The summed E-state index contributed by atoms with van der Waals surface area (Å²) in [5.74, 6) is 1.56. The topological polar surface area (TPSA) is 55.1 Å². The van der Waals surface area contributed by atoms with Crippen LogP contribution in [0.5, 0.6) is 0 Å². The van der Waals surface area contributed by atoms with Crippen molar-refractivity contribution in [1.82, 2.24) is 15.1 Å². The molecule has 4 rings (SSSR count). The van der Waals surface area contributed by atoms with Crippen LogP contribution in [0.3, 0.4) is 0 Å². The summed E-state index contributed by atoms with van der Waals surface area (Å²) in [6.07, 6.45) is 4.36. The molecule has 3 heterocycles. The average molecular weight is 313 g/mol. The third-order valence-electron chi connectivity index (χ3n) is 3.78. The maximum Gasteiger partial charge on any atom is 0.225 e. The van der Waals surface area contributed by atoms with Gasteiger partial charge < -0.3 is 9.42 Å². The Morgan fingerprint density at radius 3 is 2.64 bits per heavy atom. The molecule has 0 saturated heterocycles. The van der Waals surface area contributed by atoms with E-state index in [2.05, 4.69) is 20.0 Å². The second-order valence-electron chi connectivity index (χ2n) is 5.16. The first-order valence-electron chi connectivity index (χ1n) is 7.06. The quantitative estimate of drug-likeness (QED) is 0.726. The number of hydrogen-bond acceptors (Lipinski definition) is 5. The van der Waals surface area contributed by atoms with Gasteiger partial charge in [-0.1, -0.05) is 16.8 Å². The molecule has 3 aromatic rings. The van der Waals surface area contributed by atoms with Gasteiger partial charge in [-0.3, -0.25) is 0 Å². The Kier molecular flexibility index (Phi) is 3.27. The molecule has 0 N–H and O–H groups in total. The minimum atomic E-state index is 0.663. The van der Waals surface area contributed by atoms with E-state index < -0.39 is 0 Å². The van der Waals surface area contributed by atoms with Crippen LogP contribution in [0.1, 0.15) is 11.3 Å². The second kappa shape index (κ2) is 5.42. The first kappa shape index (κ1) is 13.3. The van der Waals surface area contributed by atoms with E-state index in [9.17, 15) is 0 Å². The van der Waals surface area contributed by atoms with E-state index in [1.54, 1.807) is 12.4 Å². The van der Waals surface area contributed by atoms with Crippen LogP contribution in [0.2, 0.25) is 5.02 Å². The molecule has 0 aliphatic carbocycles. The second-order valence-corrected chi connectivity index (χ2v) is 5.60. The number of anilines is 1. The number of fused-ring (bicyclic) bond motifs is 1. The van der Waals surface area contributed by atoms with Gasteiger partial charge in [-0.15, -0.1) is 0 Å². The van der Waals surface area contributed by atoms with Crippen LogP contribution in [-0.2, 0) is 13.0 Å². The Hall–Kier alpha value is -2.40. The fourth-order valence-corrected chi connectivity index (χ4v) is 2.81. The van der Waals surface area contributed by atoms with E-state index in [0.29, 0.717) is 11.6 Å². The summed E-state index contributed by atoms with van der Waals surface area (Å²) in [5.41, 5.74) is 3.11. The van der Waals surface area contributed by atoms with Crippen LogP contribution in [-0.4, -0.2) is 21.7 Å². The zero-order chi connectivity index (χ0) is 14.9. The van der Waals surface area contributed by atoms with Crippen molar-refractivity contribution in [2.24, 2.45) is 0 Å². The largest absolute Gasteiger partial charge is 0.356 e. The SMILES string of the molecule is Clc1ccc(-c2onc3c2CCN(c2ncccn2)C3)cc1. The first-order valence-corrected chi connectivity index (χ1v) is 7.44. The lowest BCUT2D eigenvalue weighted by Crippen LogP contribution is -2.31. The van der Waals surface area contributed by atoms with Crippen LogP contribution in [0.15, 0.2) is 47.2 Å². The normalized spacial score (nSPS) is 14.0. The van der Waals surface area contributed by atoms with Gasteiger partial charge in [0.25, 0.3) is 0 Å². The first-order chi connectivity index (χ1) is 10.8. The molecule has 0 atom stereocenters. The number of rotatable bonds is 2. The maximum atomic E-state index is 5.94. The predicted octanol–water partition coefficient (Wildman–Crippen LogP) is 3.35. The van der Waals surface area contributed by atoms with Gasteiger partial charge in [-0.2, -0.15) is 0 Å². The lowest BCUT2D eigenvalue weighted by atomic mass is 10.0. The van der Waals surface area contributed by atoms with Gasteiger partial charge in [-0.05, 0) is 36.8 Å². The summed E-state index contributed by atoms with van der Waals surface area (Å²) in [5, 5.41) is 4.94. The Labute approximate surface area is 132 Å². The van der Waals surface area contributed by atoms with Crippen molar-refractivity contribution in [1.29, 1.82) is 0 Å². The number of aromatic nitrogens is 3. The Morgan fingerprint density at radius 1 is 1.09 bits per heavy atom. The zero-order valence-electron chi connectivity index (χ0n) is 11.7. The highest BCUT2D eigenvalue weighted by Gasteiger charge is 2.25. The summed E-state index contributed by atoms with van der Waals surface area (Å²) in [6, 6.07) is 9.44. The molecule has 0 amide bonds. The minimum Gasteiger partial charge on any atom is -0.356 e. The van der Waals surface area contributed by atoms with Crippen molar-refractivity contribution in [3.8, 4) is 11.3 Å². The van der Waals surface area contributed by atoms with Crippen molar-refractivity contribution in [3.05, 3.63) is 59.0 Å². The molecule has 0 spiro atoms. The van der Waals surface area contributed by atoms with E-state index in [0.717, 1.165) is 41.5 Å². The van der Waals surface area contributed by atoms with Crippen molar-refractivity contribution >= 4 is 17.5 Å². The molecule has 22 heavy (non-hydrogen) atoms. The fraction of sp³-hybridized carbons (Fsp3) is 0.188. The molecule has 0 unspecified atom stereocenters. The van der Waals surface area contributed by atoms with Gasteiger partial charge in [-0.25, -0.2) is 9.97 Å². The van der Waals surface area contributed by atoms with Gasteiger partial charge in [0.15, 0.2) is 5.76 Å². The lowest BCUT2D eigenvalue weighted by Gasteiger charge is -2.25. The zero-order valence-corrected chi connectivity index (χ0v) is 12.5. The molecule has 0 radical (unpaired) electrons. The predicted molar refractivity (Wildman–Crippen MR) is 83.7 cm³/mol. The number of nitrogens with zero attached hydrogens (tertiary/aromatic N) is 4. The van der Waals surface area contributed by atoms with Crippen LogP contribution in [0.25, 0.3) is 11.3 Å². The molecule has 0 bridgehead atoms. The molecule has 1 aliphatic heterocycles. The lowest BCUT2D eigenvalue weighted by molar-refractivity contribution is 0.423.